The Morgan fingerprint density at radius 3 is 2.17 bits per heavy atom. The molecule has 0 aromatic heterocycles. The summed E-state index contributed by atoms with van der Waals surface area (Å²) >= 11 is 1.95. The van der Waals surface area contributed by atoms with Crippen LogP contribution < -0.4 is 0 Å². The highest BCUT2D eigenvalue weighted by molar-refractivity contribution is 7.99. The summed E-state index contributed by atoms with van der Waals surface area (Å²) < 4.78 is 0. The molecule has 136 valence electrons. The third kappa shape index (κ3) is 12.4. The number of hydrogen-bond acceptors (Lipinski definition) is 3. The SMILES string of the molecule is CN(CCCCCCCCC(=O)O)CCCCSc1ccccc1. The van der Waals surface area contributed by atoms with Crippen molar-refractivity contribution in [2.75, 3.05) is 25.9 Å². The van der Waals surface area contributed by atoms with Crippen LogP contribution in [0, 0.1) is 0 Å². The second kappa shape index (κ2) is 14.4. The number of carboxylic acids is 1. The lowest BCUT2D eigenvalue weighted by Crippen LogP contribution is -2.21. The zero-order valence-electron chi connectivity index (χ0n) is 15.1. The van der Waals surface area contributed by atoms with Crippen molar-refractivity contribution in [1.82, 2.24) is 4.90 Å². The van der Waals surface area contributed by atoms with E-state index in [0.717, 1.165) is 12.8 Å². The number of benzene rings is 1. The average Bonchev–Trinajstić information content (AvgIpc) is 2.57. The number of hydrogen-bond donors (Lipinski definition) is 1. The zero-order valence-corrected chi connectivity index (χ0v) is 15.9. The molecule has 0 saturated carbocycles. The number of thioether (sulfide) groups is 1. The molecule has 0 aliphatic rings. The number of unbranched alkanes of at least 4 members (excludes halogenated alkanes) is 6. The number of rotatable bonds is 15. The van der Waals surface area contributed by atoms with Crippen molar-refractivity contribution >= 4 is 17.7 Å². The molecule has 0 aliphatic carbocycles. The maximum atomic E-state index is 10.4. The lowest BCUT2D eigenvalue weighted by atomic mass is 10.1. The zero-order chi connectivity index (χ0) is 17.5. The van der Waals surface area contributed by atoms with Crippen molar-refractivity contribution in [3.05, 3.63) is 30.3 Å². The fourth-order valence-electron chi connectivity index (χ4n) is 2.67. The van der Waals surface area contributed by atoms with Crippen molar-refractivity contribution < 1.29 is 9.90 Å². The van der Waals surface area contributed by atoms with E-state index in [1.165, 1.54) is 62.3 Å². The van der Waals surface area contributed by atoms with E-state index in [9.17, 15) is 4.79 Å². The topological polar surface area (TPSA) is 40.5 Å². The summed E-state index contributed by atoms with van der Waals surface area (Å²) in [6.45, 7) is 2.37. The van der Waals surface area contributed by atoms with Crippen LogP contribution in [0.1, 0.15) is 57.8 Å². The van der Waals surface area contributed by atoms with Crippen LogP contribution >= 0.6 is 11.8 Å². The quantitative estimate of drug-likeness (QED) is 0.343. The Morgan fingerprint density at radius 1 is 0.917 bits per heavy atom. The summed E-state index contributed by atoms with van der Waals surface area (Å²) in [4.78, 5) is 14.2. The molecule has 0 fully saturated rings. The van der Waals surface area contributed by atoms with Crippen LogP contribution in [-0.4, -0.2) is 41.9 Å². The van der Waals surface area contributed by atoms with Crippen molar-refractivity contribution in [2.24, 2.45) is 0 Å². The van der Waals surface area contributed by atoms with Gasteiger partial charge in [-0.05, 0) is 63.7 Å². The van der Waals surface area contributed by atoms with Gasteiger partial charge in [-0.3, -0.25) is 4.79 Å². The van der Waals surface area contributed by atoms with Gasteiger partial charge >= 0.3 is 5.97 Å². The van der Waals surface area contributed by atoms with Crippen LogP contribution in [0.5, 0.6) is 0 Å². The summed E-state index contributed by atoms with van der Waals surface area (Å²) in [6.07, 6.45) is 9.69. The van der Waals surface area contributed by atoms with Gasteiger partial charge in [-0.1, -0.05) is 43.9 Å². The molecule has 0 radical (unpaired) electrons. The van der Waals surface area contributed by atoms with Gasteiger partial charge in [-0.25, -0.2) is 0 Å². The number of aliphatic carboxylic acids is 1. The summed E-state index contributed by atoms with van der Waals surface area (Å²) in [5.74, 6) is 0.535. The monoisotopic (exact) mass is 351 g/mol. The van der Waals surface area contributed by atoms with Crippen molar-refractivity contribution in [2.45, 2.75) is 62.7 Å². The molecule has 1 N–H and O–H groups in total. The minimum absolute atomic E-state index is 0.325. The van der Waals surface area contributed by atoms with E-state index in [1.807, 2.05) is 11.8 Å². The summed E-state index contributed by atoms with van der Waals surface area (Å²) in [6, 6.07) is 10.6. The number of carbonyl (C=O) groups is 1. The van der Waals surface area contributed by atoms with E-state index in [4.69, 9.17) is 5.11 Å². The van der Waals surface area contributed by atoms with Crippen molar-refractivity contribution in [3.63, 3.8) is 0 Å². The first kappa shape index (κ1) is 21.0. The normalized spacial score (nSPS) is 11.1. The van der Waals surface area contributed by atoms with Crippen molar-refractivity contribution in [1.29, 1.82) is 0 Å². The molecular formula is C20H33NO2S. The van der Waals surface area contributed by atoms with Crippen LogP contribution in [0.4, 0.5) is 0 Å². The summed E-state index contributed by atoms with van der Waals surface area (Å²) in [5, 5.41) is 8.57. The first-order valence-electron chi connectivity index (χ1n) is 9.26. The minimum atomic E-state index is -0.668. The van der Waals surface area contributed by atoms with Crippen LogP contribution in [0.15, 0.2) is 35.2 Å². The van der Waals surface area contributed by atoms with Crippen LogP contribution in [-0.2, 0) is 4.79 Å². The Hall–Kier alpha value is -1.00. The lowest BCUT2D eigenvalue weighted by molar-refractivity contribution is -0.137. The molecule has 0 amide bonds. The molecule has 24 heavy (non-hydrogen) atoms. The van der Waals surface area contributed by atoms with Crippen LogP contribution in [0.3, 0.4) is 0 Å². The van der Waals surface area contributed by atoms with Gasteiger partial charge in [0, 0.05) is 11.3 Å². The van der Waals surface area contributed by atoms with E-state index >= 15 is 0 Å². The van der Waals surface area contributed by atoms with Gasteiger partial charge in [0.2, 0.25) is 0 Å². The predicted molar refractivity (Wildman–Crippen MR) is 104 cm³/mol. The van der Waals surface area contributed by atoms with Gasteiger partial charge < -0.3 is 10.0 Å². The second-order valence-electron chi connectivity index (χ2n) is 6.44. The molecule has 0 saturated heterocycles. The van der Waals surface area contributed by atoms with E-state index in [1.54, 1.807) is 0 Å². The molecule has 1 aromatic rings. The largest absolute Gasteiger partial charge is 0.481 e. The third-order valence-corrected chi connectivity index (χ3v) is 5.22. The average molecular weight is 352 g/mol. The smallest absolute Gasteiger partial charge is 0.303 e. The maximum Gasteiger partial charge on any atom is 0.303 e. The van der Waals surface area contributed by atoms with Gasteiger partial charge in [0.05, 0.1) is 0 Å². The highest BCUT2D eigenvalue weighted by atomic mass is 32.2. The summed E-state index contributed by atoms with van der Waals surface area (Å²) in [7, 11) is 2.22. The number of nitrogens with zero attached hydrogens (tertiary/aromatic N) is 1. The van der Waals surface area contributed by atoms with Gasteiger partial charge in [-0.15, -0.1) is 11.8 Å². The Morgan fingerprint density at radius 2 is 1.50 bits per heavy atom. The number of carboxylic acid groups (broad SMARTS) is 1. The molecule has 4 heteroatoms. The van der Waals surface area contributed by atoms with E-state index in [0.29, 0.717) is 6.42 Å². The van der Waals surface area contributed by atoms with E-state index in [-0.39, 0.29) is 0 Å². The highest BCUT2D eigenvalue weighted by Gasteiger charge is 2.00. The second-order valence-corrected chi connectivity index (χ2v) is 7.61. The third-order valence-electron chi connectivity index (χ3n) is 4.13. The molecule has 0 bridgehead atoms. The van der Waals surface area contributed by atoms with Gasteiger partial charge in [0.1, 0.15) is 0 Å². The summed E-state index contributed by atoms with van der Waals surface area (Å²) in [5.41, 5.74) is 0. The molecule has 1 aromatic carbocycles. The molecule has 1 rings (SSSR count). The molecule has 0 spiro atoms. The minimum Gasteiger partial charge on any atom is -0.481 e. The molecular weight excluding hydrogens is 318 g/mol. The van der Waals surface area contributed by atoms with Gasteiger partial charge in [0.15, 0.2) is 0 Å². The Labute approximate surface area is 151 Å². The molecule has 0 unspecified atom stereocenters. The highest BCUT2D eigenvalue weighted by Crippen LogP contribution is 2.18. The maximum absolute atomic E-state index is 10.4. The van der Waals surface area contributed by atoms with Crippen LogP contribution in [0.2, 0.25) is 0 Å². The molecule has 0 atom stereocenters. The van der Waals surface area contributed by atoms with Crippen molar-refractivity contribution in [3.8, 4) is 0 Å². The van der Waals surface area contributed by atoms with E-state index in [2.05, 4.69) is 42.3 Å². The molecule has 3 nitrogen and oxygen atoms in total. The lowest BCUT2D eigenvalue weighted by Gasteiger charge is -2.16. The Balaban J connectivity index is 1.84. The van der Waals surface area contributed by atoms with E-state index < -0.39 is 5.97 Å². The molecule has 0 heterocycles. The standard InChI is InChI=1S/C20H33NO2S/c1-21(16-10-5-3-2-4-9-15-20(22)23)17-11-12-18-24-19-13-7-6-8-14-19/h6-8,13-14H,2-5,9-12,15-18H2,1H3,(H,22,23). The van der Waals surface area contributed by atoms with Gasteiger partial charge in [0.25, 0.3) is 0 Å². The Bertz CT molecular complexity index is 425. The fraction of sp³-hybridized carbons (Fsp3) is 0.650. The first-order valence-corrected chi connectivity index (χ1v) is 10.3. The first-order chi connectivity index (χ1) is 11.7. The predicted octanol–water partition coefficient (Wildman–Crippen LogP) is 5.31. The molecule has 0 aliphatic heterocycles. The fourth-order valence-corrected chi connectivity index (χ4v) is 3.60. The van der Waals surface area contributed by atoms with Crippen LogP contribution in [0.25, 0.3) is 0 Å². The Kier molecular flexibility index (Phi) is 12.6. The van der Waals surface area contributed by atoms with Gasteiger partial charge in [-0.2, -0.15) is 0 Å².